The molecule has 4 N–H and O–H groups in total. The van der Waals surface area contributed by atoms with Crippen LogP contribution in [0.15, 0.2) is 94.0 Å². The van der Waals surface area contributed by atoms with Crippen molar-refractivity contribution < 1.29 is 36.9 Å². The van der Waals surface area contributed by atoms with E-state index in [1.807, 2.05) is 18.2 Å². The molecule has 2 fully saturated rings. The van der Waals surface area contributed by atoms with Crippen molar-refractivity contribution in [1.29, 1.82) is 0 Å². The van der Waals surface area contributed by atoms with Crippen molar-refractivity contribution in [3.63, 3.8) is 0 Å². The quantitative estimate of drug-likeness (QED) is 0.0464. The molecule has 1 aliphatic carbocycles. The third kappa shape index (κ3) is 10.2. The number of aromatic nitrogens is 2. The molecule has 1 amide bonds. The summed E-state index contributed by atoms with van der Waals surface area (Å²) in [5.41, 5.74) is 5.05. The lowest BCUT2D eigenvalue weighted by atomic mass is 9.72. The summed E-state index contributed by atoms with van der Waals surface area (Å²) >= 11 is 6.25. The highest BCUT2D eigenvalue weighted by Crippen LogP contribution is 2.44. The highest BCUT2D eigenvalue weighted by atomic mass is 35.5. The van der Waals surface area contributed by atoms with Gasteiger partial charge in [-0.2, -0.15) is 0 Å². The number of nitro groups is 1. The van der Waals surface area contributed by atoms with E-state index < -0.39 is 47.6 Å². The van der Waals surface area contributed by atoms with Crippen molar-refractivity contribution in [3.05, 3.63) is 111 Å². The Balaban J connectivity index is 0.936. The number of nitro benzene ring substituents is 1. The van der Waals surface area contributed by atoms with E-state index in [0.717, 1.165) is 67.1 Å². The SMILES string of the molecule is CC1(C)CCC(CN2CCN(c3ccc(C(=O)NS(=O)(=O)c4cc5c(c([N+](=O)[O-])c4)NC(CN=[SH]4(O)CCOCC4)CO5)c(Oc4cnc5[nH]ccc5c4)c3)CC2)=C(c2ccc(Cl)cc2)C1. The second-order valence-electron chi connectivity index (χ2n) is 18.0. The van der Waals surface area contributed by atoms with Gasteiger partial charge in [-0.15, -0.1) is 10.1 Å². The molecule has 0 spiro atoms. The predicted octanol–water partition coefficient (Wildman–Crippen LogP) is 7.57. The molecule has 350 valence electrons. The number of hydrogen-bond acceptors (Lipinski definition) is 13. The van der Waals surface area contributed by atoms with Crippen LogP contribution in [0.2, 0.25) is 5.02 Å². The van der Waals surface area contributed by atoms with Crippen LogP contribution in [-0.2, 0) is 24.9 Å². The van der Waals surface area contributed by atoms with Gasteiger partial charge in [-0.3, -0.25) is 24.2 Å². The van der Waals surface area contributed by atoms with E-state index >= 15 is 0 Å². The fourth-order valence-corrected chi connectivity index (χ4v) is 11.9. The molecular weight excluding hydrogens is 908 g/mol. The summed E-state index contributed by atoms with van der Waals surface area (Å²) in [6.45, 7) is 9.49. The van der Waals surface area contributed by atoms with Gasteiger partial charge in [0.05, 0.1) is 47.4 Å². The van der Waals surface area contributed by atoms with Crippen LogP contribution in [-0.4, -0.2) is 115 Å². The molecule has 4 aliphatic rings. The molecule has 1 atom stereocenters. The van der Waals surface area contributed by atoms with Crippen LogP contribution >= 0.6 is 11.6 Å². The number of benzene rings is 3. The first-order valence-electron chi connectivity index (χ1n) is 22.0. The van der Waals surface area contributed by atoms with E-state index in [-0.39, 0.29) is 41.3 Å². The molecule has 5 aromatic rings. The van der Waals surface area contributed by atoms with Crippen LogP contribution in [0.5, 0.6) is 17.2 Å². The van der Waals surface area contributed by atoms with E-state index in [0.29, 0.717) is 49.2 Å². The van der Waals surface area contributed by atoms with Crippen LogP contribution in [0.1, 0.15) is 49.0 Å². The lowest BCUT2D eigenvalue weighted by molar-refractivity contribution is -0.384. The molecule has 17 nitrogen and oxygen atoms in total. The molecule has 1 unspecified atom stereocenters. The average molecular weight is 962 g/mol. The second kappa shape index (κ2) is 18.6. The zero-order chi connectivity index (χ0) is 46.2. The smallest absolute Gasteiger partial charge is 0.297 e. The van der Waals surface area contributed by atoms with Gasteiger partial charge in [0.1, 0.15) is 23.8 Å². The first-order chi connectivity index (χ1) is 31.6. The van der Waals surface area contributed by atoms with Crippen molar-refractivity contribution in [2.75, 3.05) is 80.8 Å². The van der Waals surface area contributed by atoms with Gasteiger partial charge < -0.3 is 34.0 Å². The van der Waals surface area contributed by atoms with Gasteiger partial charge in [0.2, 0.25) is 0 Å². The number of sulfonamides is 1. The fraction of sp³-hybridized carbons (Fsp3) is 0.391. The zero-order valence-electron chi connectivity index (χ0n) is 36.7. The van der Waals surface area contributed by atoms with E-state index in [2.05, 4.69) is 60.1 Å². The molecule has 3 aromatic carbocycles. The van der Waals surface area contributed by atoms with E-state index in [1.54, 1.807) is 24.4 Å². The number of allylic oxidation sites excluding steroid dienone is 1. The number of carbonyl (C=O) groups is 1. The second-order valence-corrected chi connectivity index (χ2v) is 23.0. The lowest BCUT2D eigenvalue weighted by Gasteiger charge is -2.39. The number of thiol groups is 1. The van der Waals surface area contributed by atoms with Gasteiger partial charge in [0.25, 0.3) is 21.6 Å². The maximum Gasteiger partial charge on any atom is 0.297 e. The molecule has 9 rings (SSSR count). The molecule has 0 bridgehead atoms. The number of carbonyl (C=O) groups excluding carboxylic acids is 1. The van der Waals surface area contributed by atoms with Gasteiger partial charge in [0, 0.05) is 84.7 Å². The Morgan fingerprint density at radius 2 is 1.86 bits per heavy atom. The van der Waals surface area contributed by atoms with Gasteiger partial charge in [-0.05, 0) is 72.2 Å². The maximum atomic E-state index is 14.1. The molecule has 3 aliphatic heterocycles. The van der Waals surface area contributed by atoms with Crippen molar-refractivity contribution in [2.24, 2.45) is 9.78 Å². The Morgan fingerprint density at radius 3 is 2.62 bits per heavy atom. The Hall–Kier alpha value is -5.57. The maximum absolute atomic E-state index is 14.1. The number of hydrogen-bond donors (Lipinski definition) is 5. The lowest BCUT2D eigenvalue weighted by Crippen LogP contribution is -2.47. The van der Waals surface area contributed by atoms with Crippen molar-refractivity contribution in [2.45, 2.75) is 44.0 Å². The topological polar surface area (TPSA) is 214 Å². The first kappa shape index (κ1) is 45.6. The summed E-state index contributed by atoms with van der Waals surface area (Å²) in [4.78, 5) is 37.3. The summed E-state index contributed by atoms with van der Waals surface area (Å²) in [6.07, 6.45) is 6.41. The number of anilines is 2. The molecule has 2 saturated heterocycles. The monoisotopic (exact) mass is 960 g/mol. The average Bonchev–Trinajstić information content (AvgIpc) is 3.77. The Kier molecular flexibility index (Phi) is 12.8. The van der Waals surface area contributed by atoms with Crippen molar-refractivity contribution in [3.8, 4) is 17.2 Å². The molecule has 20 heteroatoms. The Bertz CT molecular complexity index is 2870. The van der Waals surface area contributed by atoms with Crippen molar-refractivity contribution >= 4 is 71.3 Å². The van der Waals surface area contributed by atoms with Gasteiger partial charge in [-0.25, -0.2) is 18.1 Å². The molecule has 2 aromatic heterocycles. The number of halogens is 1. The number of nitrogens with one attached hydrogen (secondary N) is 3. The largest absolute Gasteiger partial charge is 0.489 e. The fourth-order valence-electron chi connectivity index (χ4n) is 8.91. The van der Waals surface area contributed by atoms with Gasteiger partial charge >= 0.3 is 0 Å². The number of pyridine rings is 1. The van der Waals surface area contributed by atoms with Crippen LogP contribution in [0.25, 0.3) is 16.6 Å². The van der Waals surface area contributed by atoms with E-state index in [9.17, 15) is 27.9 Å². The molecule has 66 heavy (non-hydrogen) atoms. The number of aromatic amines is 1. The summed E-state index contributed by atoms with van der Waals surface area (Å²) in [5.74, 6) is 0.210. The number of amides is 1. The number of nitrogens with zero attached hydrogens (tertiary/aromatic N) is 5. The van der Waals surface area contributed by atoms with E-state index in [4.69, 9.17) is 25.8 Å². The molecule has 0 saturated carbocycles. The minimum atomic E-state index is -4.70. The first-order valence-corrected chi connectivity index (χ1v) is 25.9. The number of H-pyrrole nitrogens is 1. The Morgan fingerprint density at radius 1 is 1.09 bits per heavy atom. The van der Waals surface area contributed by atoms with Crippen LogP contribution in [0.3, 0.4) is 0 Å². The standard InChI is InChI=1S/C46H53ClN8O9S2/c1-46(2)11-9-32(39(25-46)30-3-5-33(47)6-4-30)28-53-13-15-54(16-14-53)35-7-8-38(41(22-35)64-36-21-31-10-12-48-44(31)49-27-36)45(56)52-66(60,61)37-23-40(55(57)58)43-42(24-37)63-29-34(51-43)26-50-65(59)19-17-62-18-20-65/h3-8,10,12,21-24,27,34,51,65H,9,11,13-20,25-26,28-29H2,1-2H3,(H,48,49)(H,50,59)(H,52,56). The minimum absolute atomic E-state index is 0.00729. The normalized spacial score (nSPS) is 20.1. The third-order valence-electron chi connectivity index (χ3n) is 12.7. The highest BCUT2D eigenvalue weighted by Gasteiger charge is 2.33. The van der Waals surface area contributed by atoms with Crippen LogP contribution in [0, 0.1) is 15.5 Å². The summed E-state index contributed by atoms with van der Waals surface area (Å²) in [5, 5.41) is 16.9. The number of ether oxygens (including phenoxy) is 3. The predicted molar refractivity (Wildman–Crippen MR) is 257 cm³/mol. The van der Waals surface area contributed by atoms with Gasteiger partial charge in [-0.1, -0.05) is 43.2 Å². The number of fused-ring (bicyclic) bond motifs is 2. The third-order valence-corrected chi connectivity index (χ3v) is 16.7. The summed E-state index contributed by atoms with van der Waals surface area (Å²) in [7, 11) is -7.25. The zero-order valence-corrected chi connectivity index (χ0v) is 39.1. The molecule has 0 radical (unpaired) electrons. The van der Waals surface area contributed by atoms with Crippen LogP contribution in [0.4, 0.5) is 17.1 Å². The molecular formula is C46H53ClN8O9S2. The summed E-state index contributed by atoms with van der Waals surface area (Å²) in [6, 6.07) is 18.2. The van der Waals surface area contributed by atoms with E-state index in [1.165, 1.54) is 29.0 Å². The van der Waals surface area contributed by atoms with Crippen LogP contribution < -0.4 is 24.4 Å². The Labute approximate surface area is 389 Å². The minimum Gasteiger partial charge on any atom is -0.489 e. The van der Waals surface area contributed by atoms with Crippen molar-refractivity contribution in [1.82, 2.24) is 19.6 Å². The number of rotatable bonds is 12. The van der Waals surface area contributed by atoms with Gasteiger partial charge in [0.15, 0.2) is 11.4 Å². The highest BCUT2D eigenvalue weighted by molar-refractivity contribution is 8.00. The summed E-state index contributed by atoms with van der Waals surface area (Å²) < 4.78 is 62.9. The molecule has 5 heterocycles. The number of piperazine rings is 1.